The zero-order valence-corrected chi connectivity index (χ0v) is 22.8. The van der Waals surface area contributed by atoms with Crippen LogP contribution in [0.25, 0.3) is 20.2 Å². The summed E-state index contributed by atoms with van der Waals surface area (Å²) in [6, 6.07) is 5.94. The number of carbonyl (C=O) groups is 2. The van der Waals surface area contributed by atoms with Crippen LogP contribution in [-0.2, 0) is 4.74 Å². The second kappa shape index (κ2) is 14.7. The van der Waals surface area contributed by atoms with Crippen LogP contribution in [-0.4, -0.2) is 63.5 Å². The Balaban J connectivity index is 0.000000669. The molecule has 4 rings (SSSR count). The van der Waals surface area contributed by atoms with E-state index in [-0.39, 0.29) is 57.3 Å². The molecule has 0 fully saturated rings. The monoisotopic (exact) mass is 568 g/mol. The molecule has 0 amide bonds. The maximum atomic E-state index is 14.1. The molecule has 0 aliphatic carbocycles. The normalized spacial score (nSPS) is 9.66. The molecule has 2 aromatic carbocycles. The third-order valence-electron chi connectivity index (χ3n) is 4.81. The van der Waals surface area contributed by atoms with Crippen molar-refractivity contribution in [2.75, 3.05) is 35.5 Å². The van der Waals surface area contributed by atoms with Crippen molar-refractivity contribution in [2.45, 2.75) is 0 Å². The van der Waals surface area contributed by atoms with E-state index < -0.39 is 23.6 Å². The van der Waals surface area contributed by atoms with Gasteiger partial charge in [0.2, 0.25) is 0 Å². The van der Waals surface area contributed by atoms with Crippen molar-refractivity contribution in [3.63, 3.8) is 0 Å². The van der Waals surface area contributed by atoms with Crippen molar-refractivity contribution in [1.29, 1.82) is 0 Å². The van der Waals surface area contributed by atoms with E-state index in [2.05, 4.69) is 4.74 Å². The van der Waals surface area contributed by atoms with Gasteiger partial charge in [0.1, 0.15) is 9.75 Å². The minimum atomic E-state index is -1.08. The summed E-state index contributed by atoms with van der Waals surface area (Å²) in [5, 5.41) is 9.40. The van der Waals surface area contributed by atoms with Gasteiger partial charge in [-0.05, 0) is 12.1 Å². The average molecular weight is 568 g/mol. The van der Waals surface area contributed by atoms with E-state index in [1.165, 1.54) is 47.7 Å². The molecule has 0 saturated heterocycles. The van der Waals surface area contributed by atoms with Gasteiger partial charge in [0, 0.05) is 32.3 Å². The van der Waals surface area contributed by atoms with Crippen LogP contribution in [0, 0.1) is 11.6 Å². The number of rotatable bonds is 6. The number of aromatic carboxylic acids is 1. The molecule has 4 N–H and O–H groups in total. The first-order valence-electron chi connectivity index (χ1n) is 9.70. The number of ether oxygens (including phenoxy) is 5. The largest absolute Gasteiger partial charge is 1.00 e. The Kier molecular flexibility index (Phi) is 13.5. The summed E-state index contributed by atoms with van der Waals surface area (Å²) in [6.07, 6.45) is 0. The van der Waals surface area contributed by atoms with Crippen LogP contribution in [0.3, 0.4) is 0 Å². The van der Waals surface area contributed by atoms with Gasteiger partial charge in [-0.1, -0.05) is 0 Å². The summed E-state index contributed by atoms with van der Waals surface area (Å²) in [4.78, 5) is 22.6. The number of benzene rings is 2. The number of hydrogen-bond acceptors (Lipinski definition) is 10. The zero-order chi connectivity index (χ0) is 25.9. The summed E-state index contributed by atoms with van der Waals surface area (Å²) < 4.78 is 53.8. The number of halogens is 2. The number of carbonyl (C=O) groups excluding carboxylic acids is 1. The van der Waals surface area contributed by atoms with Crippen molar-refractivity contribution < 1.29 is 77.0 Å². The molecular weight excluding hydrogens is 545 g/mol. The fraction of sp³-hybridized carbons (Fsp3) is 0.217. The molecule has 0 spiro atoms. The molecule has 2 heterocycles. The number of esters is 1. The summed E-state index contributed by atoms with van der Waals surface area (Å²) >= 11 is 2.14. The predicted molar refractivity (Wildman–Crippen MR) is 134 cm³/mol. The Hall–Kier alpha value is -3.12. The van der Waals surface area contributed by atoms with Crippen molar-refractivity contribution in [1.82, 2.24) is 0 Å². The van der Waals surface area contributed by atoms with E-state index >= 15 is 0 Å². The van der Waals surface area contributed by atoms with Gasteiger partial charge in [-0.2, -0.15) is 0 Å². The zero-order valence-electron chi connectivity index (χ0n) is 21.1. The standard InChI is InChI=1S/C12H11FO4S.C11H9FO4S.Li.2H2O/c1-15-7-5-8-6(10(13)11(7)16-2)4-9(18-8)12(14)17-3;1-15-6-4-7-5(9(12)10(6)16-2)3-8(17-7)11(13)14;;;/h4-5H,1-3H3;3-4H,1-2H3,(H,13,14);;2*1H2/q;;+1;;/p-1. The molecule has 0 bridgehead atoms. The van der Waals surface area contributed by atoms with Crippen LogP contribution in [0.15, 0.2) is 24.3 Å². The Bertz CT molecular complexity index is 1420. The van der Waals surface area contributed by atoms with Crippen LogP contribution in [0.4, 0.5) is 8.78 Å². The predicted octanol–water partition coefficient (Wildman–Crippen LogP) is 1.60. The Labute approximate surface area is 235 Å². The average Bonchev–Trinajstić information content (AvgIpc) is 3.48. The molecule has 15 heteroatoms. The number of thiophene rings is 2. The smallest absolute Gasteiger partial charge is 0.870 e. The fourth-order valence-electron chi connectivity index (χ4n) is 3.19. The summed E-state index contributed by atoms with van der Waals surface area (Å²) in [5.41, 5.74) is 0. The van der Waals surface area contributed by atoms with Gasteiger partial charge in [-0.3, -0.25) is 0 Å². The van der Waals surface area contributed by atoms with Crippen LogP contribution >= 0.6 is 22.7 Å². The molecule has 0 aliphatic heterocycles. The molecule has 0 saturated carbocycles. The van der Waals surface area contributed by atoms with Gasteiger partial charge in [0.25, 0.3) is 0 Å². The second-order valence-corrected chi connectivity index (χ2v) is 8.86. The third-order valence-corrected chi connectivity index (χ3v) is 6.94. The molecule has 0 unspecified atom stereocenters. The first-order valence-corrected chi connectivity index (χ1v) is 11.3. The Morgan fingerprint density at radius 1 is 0.737 bits per heavy atom. The molecule has 2 aromatic heterocycles. The van der Waals surface area contributed by atoms with Gasteiger partial charge >= 0.3 is 30.8 Å². The number of hydrogen-bond donors (Lipinski definition) is 1. The Morgan fingerprint density at radius 3 is 1.47 bits per heavy atom. The van der Waals surface area contributed by atoms with Gasteiger partial charge in [-0.15, -0.1) is 22.7 Å². The molecule has 10 nitrogen and oxygen atoms in total. The van der Waals surface area contributed by atoms with Gasteiger partial charge in [0.05, 0.1) is 35.5 Å². The first kappa shape index (κ1) is 34.9. The summed E-state index contributed by atoms with van der Waals surface area (Å²) in [6.45, 7) is 0. The van der Waals surface area contributed by atoms with E-state index in [4.69, 9.17) is 24.1 Å². The molecule has 0 radical (unpaired) electrons. The first-order chi connectivity index (χ1) is 16.7. The number of fused-ring (bicyclic) bond motifs is 2. The van der Waals surface area contributed by atoms with Gasteiger partial charge in [0.15, 0.2) is 34.6 Å². The molecule has 202 valence electrons. The molecule has 38 heavy (non-hydrogen) atoms. The minimum Gasteiger partial charge on any atom is -0.870 e. The minimum absolute atomic E-state index is 0. The topological polar surface area (TPSA) is 162 Å². The third kappa shape index (κ3) is 6.65. The number of carboxylic acid groups (broad SMARTS) is 1. The molecule has 0 atom stereocenters. The summed E-state index contributed by atoms with van der Waals surface area (Å²) in [7, 11) is 6.80. The van der Waals surface area contributed by atoms with E-state index in [1.807, 2.05) is 0 Å². The van der Waals surface area contributed by atoms with Crippen molar-refractivity contribution in [3.05, 3.63) is 45.7 Å². The number of carboxylic acids is 1. The second-order valence-electron chi connectivity index (χ2n) is 6.69. The van der Waals surface area contributed by atoms with Crippen LogP contribution in [0.1, 0.15) is 19.3 Å². The maximum Gasteiger partial charge on any atom is 1.00 e. The van der Waals surface area contributed by atoms with Gasteiger partial charge in [-0.25, -0.2) is 18.4 Å². The molecular formula is C23H23F2LiO10S2. The van der Waals surface area contributed by atoms with Crippen LogP contribution < -0.4 is 37.8 Å². The number of methoxy groups -OCH3 is 5. The van der Waals surface area contributed by atoms with E-state index in [0.717, 1.165) is 22.7 Å². The summed E-state index contributed by atoms with van der Waals surface area (Å²) in [5.74, 6) is -2.17. The van der Waals surface area contributed by atoms with E-state index in [1.54, 1.807) is 12.1 Å². The van der Waals surface area contributed by atoms with Crippen LogP contribution in [0.5, 0.6) is 23.0 Å². The molecule has 4 aromatic rings. The molecule has 0 aliphatic rings. The van der Waals surface area contributed by atoms with Gasteiger partial charge < -0.3 is 39.7 Å². The maximum absolute atomic E-state index is 14.1. The van der Waals surface area contributed by atoms with Crippen molar-refractivity contribution in [2.24, 2.45) is 0 Å². The SMILES string of the molecule is COC(=O)c1cc2c(F)c(OC)c(OC)cc2s1.COc1cc2sc(C(=O)O)cc2c(F)c1OC.O.[Li+].[OH-]. The van der Waals surface area contributed by atoms with E-state index in [0.29, 0.717) is 25.4 Å². The fourth-order valence-corrected chi connectivity index (χ4v) is 5.12. The van der Waals surface area contributed by atoms with Crippen LogP contribution in [0.2, 0.25) is 0 Å². The van der Waals surface area contributed by atoms with E-state index in [9.17, 15) is 18.4 Å². The Morgan fingerprint density at radius 2 is 1.13 bits per heavy atom. The van der Waals surface area contributed by atoms with Crippen molar-refractivity contribution in [3.8, 4) is 23.0 Å². The quantitative estimate of drug-likeness (QED) is 0.269. The van der Waals surface area contributed by atoms with Crippen molar-refractivity contribution >= 4 is 54.8 Å².